The Morgan fingerprint density at radius 3 is 2.39 bits per heavy atom. The van der Waals surface area contributed by atoms with Crippen LogP contribution in [0.1, 0.15) is 68.1 Å². The second-order valence-electron chi connectivity index (χ2n) is 10.2. The average Bonchev–Trinajstić information content (AvgIpc) is 3.66. The van der Waals surface area contributed by atoms with Gasteiger partial charge in [0.2, 0.25) is 0 Å². The molecule has 1 aromatic heterocycles. The third kappa shape index (κ3) is 6.09. The smallest absolute Gasteiger partial charge is 0.163 e. The summed E-state index contributed by atoms with van der Waals surface area (Å²) in [5.74, 6) is 0.675. The number of aromatic nitrogens is 1. The molecule has 0 bridgehead atoms. The molecule has 1 saturated carbocycles. The van der Waals surface area contributed by atoms with Crippen LogP contribution in [-0.2, 0) is 11.1 Å². The molecule has 0 radical (unpaired) electrons. The van der Waals surface area contributed by atoms with Crippen molar-refractivity contribution in [2.24, 2.45) is 5.73 Å². The van der Waals surface area contributed by atoms with Crippen LogP contribution in [0.5, 0.6) is 11.5 Å². The summed E-state index contributed by atoms with van der Waals surface area (Å²) >= 11 is 0. The number of ether oxygens (including phenoxy) is 2. The highest BCUT2D eigenvalue weighted by atomic mass is 19.1. The van der Waals surface area contributed by atoms with E-state index in [1.807, 2.05) is 19.9 Å². The van der Waals surface area contributed by atoms with Gasteiger partial charge in [-0.2, -0.15) is 0 Å². The highest BCUT2D eigenvalue weighted by Crippen LogP contribution is 2.35. The van der Waals surface area contributed by atoms with Gasteiger partial charge in [0.05, 0.1) is 24.6 Å². The fourth-order valence-corrected chi connectivity index (χ4v) is 3.88. The van der Waals surface area contributed by atoms with E-state index < -0.39 is 11.1 Å². The number of carbonyl (C=O) groups is 1. The predicted molar refractivity (Wildman–Crippen MR) is 137 cm³/mol. The summed E-state index contributed by atoms with van der Waals surface area (Å²) in [4.78, 5) is 17.7. The molecule has 3 N–H and O–H groups in total. The number of halogens is 1. The number of carbonyl (C=O) groups excluding carboxylic acids is 1. The number of methoxy groups -OCH3 is 1. The summed E-state index contributed by atoms with van der Waals surface area (Å²) in [6, 6.07) is 14.8. The lowest BCUT2D eigenvalue weighted by Crippen LogP contribution is -2.31. The maximum Gasteiger partial charge on any atom is 0.163 e. The van der Waals surface area contributed by atoms with Gasteiger partial charge in [0.15, 0.2) is 17.3 Å². The van der Waals surface area contributed by atoms with Gasteiger partial charge in [0.25, 0.3) is 0 Å². The summed E-state index contributed by atoms with van der Waals surface area (Å²) in [6.07, 6.45) is 2.52. The van der Waals surface area contributed by atoms with E-state index in [0.717, 1.165) is 18.4 Å². The lowest BCUT2D eigenvalue weighted by molar-refractivity contribution is 0.0396. The molecule has 7 heteroatoms. The second-order valence-corrected chi connectivity index (χ2v) is 10.2. The van der Waals surface area contributed by atoms with Gasteiger partial charge in [-0.05, 0) is 100 Å². The lowest BCUT2D eigenvalue weighted by atomic mass is 9.88. The first-order valence-electron chi connectivity index (χ1n) is 12.1. The first-order chi connectivity index (χ1) is 17.0. The van der Waals surface area contributed by atoms with Crippen molar-refractivity contribution in [2.75, 3.05) is 7.11 Å². The Morgan fingerprint density at radius 2 is 1.78 bits per heavy atom. The van der Waals surface area contributed by atoms with Crippen LogP contribution in [0.25, 0.3) is 11.3 Å². The van der Waals surface area contributed by atoms with Gasteiger partial charge >= 0.3 is 0 Å². The summed E-state index contributed by atoms with van der Waals surface area (Å²) in [6.45, 7) is 5.36. The summed E-state index contributed by atoms with van der Waals surface area (Å²) in [7, 11) is 1.55. The van der Waals surface area contributed by atoms with Gasteiger partial charge in [0.1, 0.15) is 11.4 Å². The van der Waals surface area contributed by atoms with E-state index in [2.05, 4.69) is 4.98 Å². The monoisotopic (exact) mass is 492 g/mol. The zero-order chi connectivity index (χ0) is 26.1. The Labute approximate surface area is 211 Å². The van der Waals surface area contributed by atoms with Gasteiger partial charge in [-0.3, -0.25) is 4.79 Å². The minimum Gasteiger partial charge on any atom is -0.493 e. The van der Waals surface area contributed by atoms with E-state index in [1.54, 1.807) is 50.4 Å². The zero-order valence-electron chi connectivity index (χ0n) is 21.2. The fraction of sp³-hybridized carbons (Fsp3) is 0.379. The number of nitrogens with two attached hydrogens (primary N) is 1. The maximum atomic E-state index is 13.5. The topological polar surface area (TPSA) is 94.7 Å². The van der Waals surface area contributed by atoms with Crippen molar-refractivity contribution in [1.29, 1.82) is 0 Å². The standard InChI is InChI=1S/C29H33FN2O4/c1-28(2,31)20-16-23(18-5-8-21(30)9-6-18)32-27(17-20)29(3,34)14-13-24(33)19-7-12-25(26(15-19)35-4)36-22-10-11-22/h5-9,12,15-17,22,34H,10-11,13-14,31H2,1-4H3/t29-/m0/s1. The molecule has 0 saturated heterocycles. The number of nitrogens with zero attached hydrogens (tertiary/aromatic N) is 1. The first-order valence-corrected chi connectivity index (χ1v) is 12.1. The maximum absolute atomic E-state index is 13.5. The fourth-order valence-electron chi connectivity index (χ4n) is 3.88. The number of rotatable bonds is 10. The van der Waals surface area contributed by atoms with Crippen LogP contribution in [0.4, 0.5) is 4.39 Å². The Balaban J connectivity index is 1.56. The van der Waals surface area contributed by atoms with E-state index in [0.29, 0.717) is 34.0 Å². The highest BCUT2D eigenvalue weighted by molar-refractivity contribution is 5.96. The number of pyridine rings is 1. The summed E-state index contributed by atoms with van der Waals surface area (Å²) < 4.78 is 24.7. The van der Waals surface area contributed by atoms with Crippen LogP contribution in [0.15, 0.2) is 54.6 Å². The largest absolute Gasteiger partial charge is 0.493 e. The molecule has 0 amide bonds. The number of benzene rings is 2. The Bertz CT molecular complexity index is 1250. The molecule has 190 valence electrons. The molecule has 0 aliphatic heterocycles. The molecular formula is C29H33FN2O4. The summed E-state index contributed by atoms with van der Waals surface area (Å²) in [5.41, 5.74) is 7.21. The van der Waals surface area contributed by atoms with Gasteiger partial charge in [-0.15, -0.1) is 0 Å². The predicted octanol–water partition coefficient (Wildman–Crippen LogP) is 5.50. The van der Waals surface area contributed by atoms with Crippen LogP contribution in [0, 0.1) is 5.82 Å². The van der Waals surface area contributed by atoms with Gasteiger partial charge in [-0.1, -0.05) is 0 Å². The van der Waals surface area contributed by atoms with Gasteiger partial charge < -0.3 is 20.3 Å². The lowest BCUT2D eigenvalue weighted by Gasteiger charge is -2.27. The molecule has 36 heavy (non-hydrogen) atoms. The third-order valence-electron chi connectivity index (χ3n) is 6.40. The second kappa shape index (κ2) is 9.99. The van der Waals surface area contributed by atoms with E-state index in [9.17, 15) is 14.3 Å². The first kappa shape index (κ1) is 25.8. The van der Waals surface area contributed by atoms with Crippen LogP contribution in [0.2, 0.25) is 0 Å². The minimum absolute atomic E-state index is 0.1000. The highest BCUT2D eigenvalue weighted by Gasteiger charge is 2.29. The van der Waals surface area contributed by atoms with Crippen molar-refractivity contribution < 1.29 is 23.8 Å². The van der Waals surface area contributed by atoms with Gasteiger partial charge in [0, 0.05) is 23.1 Å². The zero-order valence-corrected chi connectivity index (χ0v) is 21.2. The van der Waals surface area contributed by atoms with E-state index in [-0.39, 0.29) is 30.5 Å². The molecule has 6 nitrogen and oxygen atoms in total. The van der Waals surface area contributed by atoms with Gasteiger partial charge in [-0.25, -0.2) is 9.37 Å². The van der Waals surface area contributed by atoms with Crippen molar-refractivity contribution >= 4 is 5.78 Å². The van der Waals surface area contributed by atoms with Crippen molar-refractivity contribution in [3.63, 3.8) is 0 Å². The molecule has 1 heterocycles. The SMILES string of the molecule is COc1cc(C(=O)CC[C@](C)(O)c2cc(C(C)(C)N)cc(-c3ccc(F)cc3)n2)ccc1OC1CC1. The van der Waals surface area contributed by atoms with Crippen LogP contribution in [0.3, 0.4) is 0 Å². The molecular weight excluding hydrogens is 459 g/mol. The van der Waals surface area contributed by atoms with Crippen molar-refractivity contribution in [3.05, 3.63) is 77.2 Å². The number of hydrogen-bond donors (Lipinski definition) is 2. The molecule has 0 spiro atoms. The molecule has 2 aromatic carbocycles. The third-order valence-corrected chi connectivity index (χ3v) is 6.40. The van der Waals surface area contributed by atoms with Crippen molar-refractivity contribution in [1.82, 2.24) is 4.98 Å². The normalized spacial score (nSPS) is 15.3. The van der Waals surface area contributed by atoms with E-state index in [4.69, 9.17) is 15.2 Å². The number of ketones is 1. The Hall–Kier alpha value is -3.29. The van der Waals surface area contributed by atoms with E-state index in [1.165, 1.54) is 12.1 Å². The molecule has 4 rings (SSSR count). The van der Waals surface area contributed by atoms with Crippen LogP contribution in [-0.4, -0.2) is 29.1 Å². The molecule has 1 aliphatic carbocycles. The molecule has 1 atom stereocenters. The van der Waals surface area contributed by atoms with Crippen LogP contribution >= 0.6 is 0 Å². The molecule has 3 aromatic rings. The quantitative estimate of drug-likeness (QED) is 0.363. The average molecular weight is 493 g/mol. The Morgan fingerprint density at radius 1 is 1.08 bits per heavy atom. The number of Topliss-reactive ketones (excluding diaryl/α,β-unsaturated/α-hetero) is 1. The Kier molecular flexibility index (Phi) is 7.16. The van der Waals surface area contributed by atoms with Crippen molar-refractivity contribution in [3.8, 4) is 22.8 Å². The molecule has 0 unspecified atom stereocenters. The summed E-state index contributed by atoms with van der Waals surface area (Å²) in [5, 5.41) is 11.4. The van der Waals surface area contributed by atoms with Crippen molar-refractivity contribution in [2.45, 2.75) is 63.7 Å². The minimum atomic E-state index is -1.40. The number of aliphatic hydroxyl groups is 1. The van der Waals surface area contributed by atoms with Crippen LogP contribution < -0.4 is 15.2 Å². The van der Waals surface area contributed by atoms with E-state index >= 15 is 0 Å². The molecule has 1 aliphatic rings. The molecule has 1 fully saturated rings. The number of hydrogen-bond acceptors (Lipinski definition) is 6.